The molecule has 2 N–H and O–H groups in total. The molecule has 0 aromatic carbocycles. The van der Waals surface area contributed by atoms with Crippen molar-refractivity contribution in [1.82, 2.24) is 24.6 Å². The fraction of sp³-hybridized carbons (Fsp3) is 0.560. The van der Waals surface area contributed by atoms with E-state index in [9.17, 15) is 17.6 Å². The number of halogens is 4. The number of aromatic nitrogens is 4. The minimum absolute atomic E-state index is 0.0499. The molecular weight excluding hydrogens is 490 g/mol. The number of anilines is 2. The van der Waals surface area contributed by atoms with Crippen LogP contribution in [0.15, 0.2) is 24.5 Å². The zero-order chi connectivity index (χ0) is 26.3. The number of nitrogen functional groups attached to an aromatic ring is 1. The summed E-state index contributed by atoms with van der Waals surface area (Å²) in [5, 5.41) is 5.95. The lowest BCUT2D eigenvalue weighted by Gasteiger charge is -2.29. The fourth-order valence-electron chi connectivity index (χ4n) is 5.39. The molecule has 3 aromatic rings. The van der Waals surface area contributed by atoms with Crippen LogP contribution in [0.4, 0.5) is 29.2 Å². The van der Waals surface area contributed by atoms with Crippen molar-refractivity contribution in [2.24, 2.45) is 0 Å². The van der Waals surface area contributed by atoms with E-state index in [1.54, 1.807) is 6.20 Å². The van der Waals surface area contributed by atoms with Gasteiger partial charge in [0, 0.05) is 37.6 Å². The van der Waals surface area contributed by atoms with Gasteiger partial charge in [-0.15, -0.1) is 0 Å². The van der Waals surface area contributed by atoms with Gasteiger partial charge in [0.1, 0.15) is 11.9 Å². The Balaban J connectivity index is 1.33. The monoisotopic (exact) mass is 521 g/mol. The average molecular weight is 522 g/mol. The maximum absolute atomic E-state index is 14.4. The van der Waals surface area contributed by atoms with Gasteiger partial charge in [0.25, 0.3) is 5.88 Å². The molecule has 2 aliphatic rings. The number of likely N-dealkylation sites (N-methyl/N-ethyl adjacent to an activating group) is 1. The van der Waals surface area contributed by atoms with E-state index in [0.29, 0.717) is 43.6 Å². The Morgan fingerprint density at radius 2 is 1.92 bits per heavy atom. The molecule has 0 unspecified atom stereocenters. The van der Waals surface area contributed by atoms with Crippen LogP contribution in [-0.4, -0.2) is 63.5 Å². The van der Waals surface area contributed by atoms with Crippen molar-refractivity contribution in [2.45, 2.75) is 63.4 Å². The number of fused-ring (bicyclic) bond motifs is 1. The zero-order valence-corrected chi connectivity index (χ0v) is 20.9. The molecule has 1 aliphatic carbocycles. The van der Waals surface area contributed by atoms with Crippen LogP contribution < -0.4 is 15.4 Å². The van der Waals surface area contributed by atoms with Crippen LogP contribution in [0.1, 0.15) is 50.6 Å². The summed E-state index contributed by atoms with van der Waals surface area (Å²) in [5.41, 5.74) is 5.55. The molecule has 200 valence electrons. The maximum atomic E-state index is 14.4. The molecule has 1 aliphatic heterocycles. The Labute approximate surface area is 212 Å². The van der Waals surface area contributed by atoms with E-state index in [1.165, 1.54) is 0 Å². The van der Waals surface area contributed by atoms with Gasteiger partial charge in [0.05, 0.1) is 22.5 Å². The number of hydrogen-bond donors (Lipinski definition) is 1. The van der Waals surface area contributed by atoms with Gasteiger partial charge in [0.15, 0.2) is 11.6 Å². The summed E-state index contributed by atoms with van der Waals surface area (Å²) in [7, 11) is 2.13. The first-order valence-corrected chi connectivity index (χ1v) is 12.6. The maximum Gasteiger partial charge on any atom is 0.419 e. The summed E-state index contributed by atoms with van der Waals surface area (Å²) in [4.78, 5) is 12.6. The molecule has 1 saturated carbocycles. The van der Waals surface area contributed by atoms with Gasteiger partial charge in [-0.1, -0.05) is 6.92 Å². The lowest BCUT2D eigenvalue weighted by molar-refractivity contribution is -0.140. The molecule has 0 radical (unpaired) electrons. The van der Waals surface area contributed by atoms with E-state index >= 15 is 0 Å². The number of hydrogen-bond acceptors (Lipinski definition) is 7. The largest absolute Gasteiger partial charge is 0.472 e. The van der Waals surface area contributed by atoms with Crippen LogP contribution >= 0.6 is 0 Å². The quantitative estimate of drug-likeness (QED) is 0.473. The second kappa shape index (κ2) is 9.96. The predicted molar refractivity (Wildman–Crippen MR) is 132 cm³/mol. The van der Waals surface area contributed by atoms with E-state index < -0.39 is 29.5 Å². The minimum Gasteiger partial charge on any atom is -0.472 e. The minimum atomic E-state index is -4.81. The van der Waals surface area contributed by atoms with Crippen molar-refractivity contribution in [3.8, 4) is 5.88 Å². The molecule has 8 nitrogen and oxygen atoms in total. The van der Waals surface area contributed by atoms with E-state index in [0.717, 1.165) is 49.0 Å². The number of rotatable bonds is 6. The van der Waals surface area contributed by atoms with Crippen LogP contribution in [-0.2, 0) is 6.18 Å². The summed E-state index contributed by atoms with van der Waals surface area (Å²) in [5.74, 6) is -0.776. The van der Waals surface area contributed by atoms with Crippen LogP contribution in [0.3, 0.4) is 0 Å². The molecule has 0 bridgehead atoms. The highest BCUT2D eigenvalue weighted by Crippen LogP contribution is 2.38. The third-order valence-corrected chi connectivity index (χ3v) is 7.61. The number of alkyl halides is 3. The lowest BCUT2D eigenvalue weighted by Crippen LogP contribution is -2.34. The second-order valence-corrected chi connectivity index (χ2v) is 9.88. The van der Waals surface area contributed by atoms with Crippen molar-refractivity contribution >= 4 is 22.5 Å². The Kier molecular flexibility index (Phi) is 6.86. The van der Waals surface area contributed by atoms with Crippen molar-refractivity contribution in [2.75, 3.05) is 37.3 Å². The summed E-state index contributed by atoms with van der Waals surface area (Å²) >= 11 is 0. The number of nitrogens with two attached hydrogens (primary N) is 1. The van der Waals surface area contributed by atoms with Crippen LogP contribution in [0, 0.1) is 5.82 Å². The van der Waals surface area contributed by atoms with Crippen LogP contribution in [0.2, 0.25) is 0 Å². The van der Waals surface area contributed by atoms with E-state index in [4.69, 9.17) is 15.6 Å². The Morgan fingerprint density at radius 3 is 2.62 bits per heavy atom. The summed E-state index contributed by atoms with van der Waals surface area (Å²) < 4.78 is 61.1. The highest BCUT2D eigenvalue weighted by atomic mass is 19.4. The van der Waals surface area contributed by atoms with Crippen LogP contribution in [0.25, 0.3) is 10.9 Å². The van der Waals surface area contributed by atoms with E-state index in [1.807, 2.05) is 10.7 Å². The van der Waals surface area contributed by atoms with E-state index in [-0.39, 0.29) is 6.04 Å². The molecule has 1 saturated heterocycles. The van der Waals surface area contributed by atoms with E-state index in [2.05, 4.69) is 33.7 Å². The SMILES string of the molecule is CCN(C)[C@@H]1CCN(c2nn(C3CCC(Oc4nccc(C(F)(F)F)c4F)CC3)c3cc(N)ncc23)C1. The first kappa shape index (κ1) is 25.5. The molecule has 37 heavy (non-hydrogen) atoms. The third-order valence-electron chi connectivity index (χ3n) is 7.61. The Morgan fingerprint density at radius 1 is 1.16 bits per heavy atom. The smallest absolute Gasteiger partial charge is 0.419 e. The molecule has 0 spiro atoms. The summed E-state index contributed by atoms with van der Waals surface area (Å²) in [6.45, 7) is 4.92. The molecule has 12 heteroatoms. The Bertz CT molecular complexity index is 1260. The predicted octanol–water partition coefficient (Wildman–Crippen LogP) is 4.66. The highest BCUT2D eigenvalue weighted by Gasteiger charge is 2.37. The molecular formula is C25H31F4N7O. The zero-order valence-electron chi connectivity index (χ0n) is 20.9. The summed E-state index contributed by atoms with van der Waals surface area (Å²) in [6, 6.07) is 2.96. The molecule has 5 rings (SSSR count). The first-order valence-electron chi connectivity index (χ1n) is 12.6. The van der Waals surface area contributed by atoms with Gasteiger partial charge in [-0.25, -0.2) is 14.4 Å². The van der Waals surface area contributed by atoms with Gasteiger partial charge < -0.3 is 20.3 Å². The van der Waals surface area contributed by atoms with Gasteiger partial charge in [-0.2, -0.15) is 18.3 Å². The van der Waals surface area contributed by atoms with Gasteiger partial charge in [-0.05, 0) is 51.8 Å². The van der Waals surface area contributed by atoms with Gasteiger partial charge in [-0.3, -0.25) is 4.68 Å². The average Bonchev–Trinajstić information content (AvgIpc) is 3.49. The Hall–Kier alpha value is -3.15. The standard InChI is InChI=1S/C25H31F4N7O/c1-3-34(2)16-9-11-35(14-16)23-18-13-32-21(30)12-20(18)36(33-23)15-4-6-17(7-5-15)37-24-22(26)19(8-10-31-24)25(27,28)29/h8,10,12-13,15-17H,3-7,9,11,14H2,1-2H3,(H2,30,32)/t15?,16-,17?/m1/s1. The highest BCUT2D eigenvalue weighted by molar-refractivity contribution is 5.91. The molecule has 4 heterocycles. The van der Waals surface area contributed by atoms with Gasteiger partial charge in [0.2, 0.25) is 0 Å². The normalized spacial score (nSPS) is 22.8. The van der Waals surface area contributed by atoms with Gasteiger partial charge >= 0.3 is 6.18 Å². The third kappa shape index (κ3) is 5.03. The topological polar surface area (TPSA) is 85.3 Å². The second-order valence-electron chi connectivity index (χ2n) is 9.88. The lowest BCUT2D eigenvalue weighted by atomic mass is 9.93. The molecule has 2 fully saturated rings. The molecule has 0 amide bonds. The van der Waals surface area contributed by atoms with Crippen LogP contribution in [0.5, 0.6) is 5.88 Å². The van der Waals surface area contributed by atoms with Crippen molar-refractivity contribution in [3.63, 3.8) is 0 Å². The number of ether oxygens (including phenoxy) is 1. The molecule has 1 atom stereocenters. The fourth-order valence-corrected chi connectivity index (χ4v) is 5.39. The van der Waals surface area contributed by atoms with Crippen molar-refractivity contribution in [3.05, 3.63) is 35.9 Å². The summed E-state index contributed by atoms with van der Waals surface area (Å²) in [6.07, 6.45) is 0.928. The van der Waals surface area contributed by atoms with Crippen molar-refractivity contribution < 1.29 is 22.3 Å². The van der Waals surface area contributed by atoms with Crippen molar-refractivity contribution in [1.29, 1.82) is 0 Å². The first-order chi connectivity index (χ1) is 17.7. The number of pyridine rings is 2. The molecule has 3 aromatic heterocycles. The number of nitrogens with zero attached hydrogens (tertiary/aromatic N) is 6.